The molecule has 27 heavy (non-hydrogen) atoms. The SMILES string of the molecule is Cc1ccc([Si](C)(C)C2([Si](C)(C)C)CCC([Si](C)(C)C)([Si](C)(C)C)[Si]2)cc1. The molecular formula is C22H44Si5. The average Bonchev–Trinajstić information content (AvgIpc) is 2.90. The van der Waals surface area contributed by atoms with Crippen LogP contribution in [0, 0.1) is 6.92 Å². The average molecular weight is 449 g/mol. The fraction of sp³-hybridized carbons (Fsp3) is 0.727. The Kier molecular flexibility index (Phi) is 6.05. The number of rotatable bonds is 5. The maximum absolute atomic E-state index is 2.73. The van der Waals surface area contributed by atoms with Gasteiger partial charge in [-0.15, -0.1) is 0 Å². The summed E-state index contributed by atoms with van der Waals surface area (Å²) in [5.74, 6) is 0. The van der Waals surface area contributed by atoms with Crippen molar-refractivity contribution in [1.82, 2.24) is 0 Å². The zero-order valence-corrected chi connectivity index (χ0v) is 25.2. The molecule has 1 aromatic rings. The van der Waals surface area contributed by atoms with Crippen LogP contribution in [-0.4, -0.2) is 41.8 Å². The topological polar surface area (TPSA) is 0 Å². The maximum Gasteiger partial charge on any atom is 0.0811 e. The van der Waals surface area contributed by atoms with E-state index in [9.17, 15) is 0 Å². The normalized spacial score (nSPS) is 24.3. The van der Waals surface area contributed by atoms with Crippen LogP contribution in [0.2, 0.25) is 80.6 Å². The van der Waals surface area contributed by atoms with Crippen molar-refractivity contribution >= 4 is 47.0 Å². The molecule has 0 amide bonds. The van der Waals surface area contributed by atoms with E-state index in [0.29, 0.717) is 4.28 Å². The first-order valence-electron chi connectivity index (χ1n) is 10.8. The van der Waals surface area contributed by atoms with Gasteiger partial charge in [-0.05, 0) is 15.5 Å². The maximum atomic E-state index is 2.73. The van der Waals surface area contributed by atoms with Crippen LogP contribution in [0.3, 0.4) is 0 Å². The van der Waals surface area contributed by atoms with Crippen LogP contribution >= 0.6 is 0 Å². The lowest BCUT2D eigenvalue weighted by atomic mass is 10.2. The third-order valence-corrected chi connectivity index (χ3v) is 40.7. The van der Waals surface area contributed by atoms with Crippen LogP contribution < -0.4 is 5.19 Å². The number of benzene rings is 1. The van der Waals surface area contributed by atoms with E-state index in [2.05, 4.69) is 103 Å². The highest BCUT2D eigenvalue weighted by molar-refractivity contribution is 7.19. The first-order valence-corrected chi connectivity index (χ1v) is 25.3. The number of hydrogen-bond donors (Lipinski definition) is 0. The second kappa shape index (κ2) is 6.93. The lowest BCUT2D eigenvalue weighted by Crippen LogP contribution is -2.67. The summed E-state index contributed by atoms with van der Waals surface area (Å²) in [6.45, 7) is 32.0. The highest BCUT2D eigenvalue weighted by Crippen LogP contribution is 2.66. The van der Waals surface area contributed by atoms with Gasteiger partial charge in [0.05, 0.1) is 8.07 Å². The Morgan fingerprint density at radius 1 is 0.630 bits per heavy atom. The van der Waals surface area contributed by atoms with Gasteiger partial charge in [-0.25, -0.2) is 0 Å². The van der Waals surface area contributed by atoms with Crippen molar-refractivity contribution in [2.45, 2.75) is 100 Å². The minimum Gasteiger partial charge on any atom is -0.0696 e. The molecular weight excluding hydrogens is 405 g/mol. The van der Waals surface area contributed by atoms with Gasteiger partial charge >= 0.3 is 0 Å². The predicted molar refractivity (Wildman–Crippen MR) is 139 cm³/mol. The zero-order valence-electron chi connectivity index (χ0n) is 20.2. The molecule has 1 aliphatic heterocycles. The van der Waals surface area contributed by atoms with E-state index in [1.165, 1.54) is 27.9 Å². The van der Waals surface area contributed by atoms with Crippen molar-refractivity contribution in [3.8, 4) is 0 Å². The molecule has 0 nitrogen and oxygen atoms in total. The Morgan fingerprint density at radius 2 is 1.00 bits per heavy atom. The van der Waals surface area contributed by atoms with Crippen LogP contribution in [0.1, 0.15) is 18.4 Å². The van der Waals surface area contributed by atoms with Gasteiger partial charge in [0.2, 0.25) is 0 Å². The van der Waals surface area contributed by atoms with E-state index in [-0.39, 0.29) is 0 Å². The third kappa shape index (κ3) is 3.64. The van der Waals surface area contributed by atoms with E-state index in [1.807, 2.05) is 0 Å². The van der Waals surface area contributed by atoms with Gasteiger partial charge in [0.25, 0.3) is 0 Å². The lowest BCUT2D eigenvalue weighted by Gasteiger charge is -2.56. The monoisotopic (exact) mass is 448 g/mol. The molecule has 1 unspecified atom stereocenters. The Hall–Kier alpha value is 0.304. The highest BCUT2D eigenvalue weighted by atomic mass is 28.5. The van der Waals surface area contributed by atoms with Crippen molar-refractivity contribution in [1.29, 1.82) is 0 Å². The van der Waals surface area contributed by atoms with Crippen molar-refractivity contribution in [3.05, 3.63) is 29.8 Å². The van der Waals surface area contributed by atoms with E-state index in [0.717, 1.165) is 4.28 Å². The minimum atomic E-state index is -1.58. The van der Waals surface area contributed by atoms with Gasteiger partial charge in [0.15, 0.2) is 0 Å². The first-order chi connectivity index (χ1) is 11.9. The second-order valence-corrected chi connectivity index (χ2v) is 38.4. The van der Waals surface area contributed by atoms with Crippen molar-refractivity contribution < 1.29 is 0 Å². The molecule has 0 bridgehead atoms. The Morgan fingerprint density at radius 3 is 1.33 bits per heavy atom. The first kappa shape index (κ1) is 23.6. The molecule has 1 heterocycles. The summed E-state index contributed by atoms with van der Waals surface area (Å²) in [6.07, 6.45) is 3.05. The number of aryl methyl sites for hydroxylation is 1. The summed E-state index contributed by atoms with van der Waals surface area (Å²) in [5, 5.41) is 1.71. The van der Waals surface area contributed by atoms with Crippen molar-refractivity contribution in [2.24, 2.45) is 0 Å². The largest absolute Gasteiger partial charge is 0.0811 e. The molecule has 0 N–H and O–H groups in total. The fourth-order valence-electron chi connectivity index (χ4n) is 6.30. The molecule has 1 atom stereocenters. The summed E-state index contributed by atoms with van der Waals surface area (Å²) in [7, 11) is -4.21. The third-order valence-electron chi connectivity index (χ3n) is 7.98. The molecule has 0 aromatic heterocycles. The standard InChI is InChI=1S/C22H44Si5/c1-19-13-15-20(16-14-19)27(11,12)22(26(8,9)10)18-17-21(23-22,24(2,3)4)25(5,6)7/h13-16H,17-18H2,1-12H3. The van der Waals surface area contributed by atoms with Gasteiger partial charge in [0, 0.05) is 33.7 Å². The van der Waals surface area contributed by atoms with Crippen molar-refractivity contribution in [2.75, 3.05) is 0 Å². The van der Waals surface area contributed by atoms with E-state index in [1.54, 1.807) is 5.19 Å². The molecule has 0 saturated carbocycles. The fourth-order valence-corrected chi connectivity index (χ4v) is 39.6. The lowest BCUT2D eigenvalue weighted by molar-refractivity contribution is 0.765. The summed E-state index contributed by atoms with van der Waals surface area (Å²) < 4.78 is 1.37. The molecule has 1 aromatic carbocycles. The summed E-state index contributed by atoms with van der Waals surface area (Å²) >= 11 is 0. The summed E-state index contributed by atoms with van der Waals surface area (Å²) in [6, 6.07) is 9.72. The van der Waals surface area contributed by atoms with Crippen LogP contribution in [0.4, 0.5) is 0 Å². The minimum absolute atomic E-state index is 0.649. The molecule has 2 radical (unpaired) electrons. The molecule has 5 heteroatoms. The van der Waals surface area contributed by atoms with E-state index < -0.39 is 32.3 Å². The number of hydrogen-bond acceptors (Lipinski definition) is 0. The Balaban J connectivity index is 2.69. The van der Waals surface area contributed by atoms with E-state index in [4.69, 9.17) is 0 Å². The molecule has 1 fully saturated rings. The molecule has 152 valence electrons. The zero-order chi connectivity index (χ0) is 21.1. The smallest absolute Gasteiger partial charge is 0.0696 e. The summed E-state index contributed by atoms with van der Waals surface area (Å²) in [5.41, 5.74) is 1.40. The van der Waals surface area contributed by atoms with Gasteiger partial charge < -0.3 is 0 Å². The predicted octanol–water partition coefficient (Wildman–Crippen LogP) is 6.90. The van der Waals surface area contributed by atoms with Gasteiger partial charge in [-0.2, -0.15) is 0 Å². The molecule has 0 spiro atoms. The highest BCUT2D eigenvalue weighted by Gasteiger charge is 2.67. The summed E-state index contributed by atoms with van der Waals surface area (Å²) in [4.78, 5) is 0. The second-order valence-electron chi connectivity index (χ2n) is 12.7. The molecule has 0 aliphatic carbocycles. The van der Waals surface area contributed by atoms with Crippen LogP contribution in [-0.2, 0) is 0 Å². The van der Waals surface area contributed by atoms with Gasteiger partial charge in [0.1, 0.15) is 0 Å². The van der Waals surface area contributed by atoms with Crippen molar-refractivity contribution in [3.63, 3.8) is 0 Å². The van der Waals surface area contributed by atoms with E-state index >= 15 is 0 Å². The van der Waals surface area contributed by atoms with Crippen LogP contribution in [0.5, 0.6) is 0 Å². The van der Waals surface area contributed by atoms with Gasteiger partial charge in [-0.1, -0.05) is 120 Å². The Bertz CT molecular complexity index is 657. The molecule has 1 saturated heterocycles. The Labute approximate surface area is 176 Å². The molecule has 2 rings (SSSR count). The van der Waals surface area contributed by atoms with Crippen LogP contribution in [0.15, 0.2) is 24.3 Å². The van der Waals surface area contributed by atoms with Gasteiger partial charge in [-0.3, -0.25) is 0 Å². The quantitative estimate of drug-likeness (QED) is 0.430. The molecule has 1 aliphatic rings. The van der Waals surface area contributed by atoms with Crippen LogP contribution in [0.25, 0.3) is 0 Å².